The lowest BCUT2D eigenvalue weighted by atomic mass is 10.2. The lowest BCUT2D eigenvalue weighted by Gasteiger charge is -2.28. The zero-order valence-electron chi connectivity index (χ0n) is 14.5. The van der Waals surface area contributed by atoms with Crippen molar-refractivity contribution < 1.29 is 13.2 Å². The maximum atomic E-state index is 12.3. The van der Waals surface area contributed by atoms with E-state index < -0.39 is 10.0 Å². The zero-order chi connectivity index (χ0) is 17.8. The van der Waals surface area contributed by atoms with Gasteiger partial charge in [0.15, 0.2) is 0 Å². The van der Waals surface area contributed by atoms with Gasteiger partial charge < -0.3 is 5.32 Å². The lowest BCUT2D eigenvalue weighted by Crippen LogP contribution is -2.38. The van der Waals surface area contributed by atoms with Gasteiger partial charge in [0.1, 0.15) is 0 Å². The molecule has 1 saturated heterocycles. The van der Waals surface area contributed by atoms with Crippen molar-refractivity contribution in [3.05, 3.63) is 29.8 Å². The molecule has 0 aliphatic carbocycles. The van der Waals surface area contributed by atoms with Gasteiger partial charge in [-0.05, 0) is 31.0 Å². The van der Waals surface area contributed by atoms with Crippen LogP contribution in [0.2, 0.25) is 0 Å². The molecular weight excluding hydrogens is 344 g/mol. The summed E-state index contributed by atoms with van der Waals surface area (Å²) >= 11 is 1.79. The fourth-order valence-electron chi connectivity index (χ4n) is 2.50. The largest absolute Gasteiger partial charge is 0.351 e. The molecule has 24 heavy (non-hydrogen) atoms. The van der Waals surface area contributed by atoms with Crippen LogP contribution in [0.3, 0.4) is 0 Å². The molecule has 1 N–H and O–H groups in total. The number of anilines is 1. The number of nitrogens with zero attached hydrogens (tertiary/aromatic N) is 1. The lowest BCUT2D eigenvalue weighted by molar-refractivity contribution is 0.0956. The highest BCUT2D eigenvalue weighted by Gasteiger charge is 2.26. The molecule has 0 spiro atoms. The second kappa shape index (κ2) is 7.78. The molecule has 1 aliphatic rings. The molecule has 0 radical (unpaired) electrons. The Hall–Kier alpha value is -1.21. The summed E-state index contributed by atoms with van der Waals surface area (Å²) in [6.07, 6.45) is 1.55. The van der Waals surface area contributed by atoms with Crippen LogP contribution < -0.4 is 9.62 Å². The summed E-state index contributed by atoms with van der Waals surface area (Å²) in [5, 5.41) is 2.89. The summed E-state index contributed by atoms with van der Waals surface area (Å²) in [7, 11) is -3.26. The molecule has 7 heteroatoms. The Labute approximate surface area is 149 Å². The normalized spacial score (nSPS) is 17.5. The fourth-order valence-corrected chi connectivity index (χ4v) is 4.95. The van der Waals surface area contributed by atoms with Crippen LogP contribution in [0.5, 0.6) is 0 Å². The van der Waals surface area contributed by atoms with Crippen molar-refractivity contribution in [2.75, 3.05) is 28.9 Å². The van der Waals surface area contributed by atoms with E-state index >= 15 is 0 Å². The molecular formula is C17H26N2O3S2. The topological polar surface area (TPSA) is 66.5 Å². The zero-order valence-corrected chi connectivity index (χ0v) is 16.2. The van der Waals surface area contributed by atoms with Crippen molar-refractivity contribution in [3.8, 4) is 0 Å². The summed E-state index contributed by atoms with van der Waals surface area (Å²) < 4.78 is 26.0. The van der Waals surface area contributed by atoms with E-state index in [-0.39, 0.29) is 16.4 Å². The third-order valence-electron chi connectivity index (χ3n) is 3.67. The second-order valence-corrected chi connectivity index (χ2v) is 10.8. The highest BCUT2D eigenvalue weighted by Crippen LogP contribution is 2.24. The number of carbonyl (C=O) groups is 1. The fraction of sp³-hybridized carbons (Fsp3) is 0.588. The minimum absolute atomic E-state index is 0.166. The summed E-state index contributed by atoms with van der Waals surface area (Å²) in [5.41, 5.74) is 1.07. The molecule has 0 unspecified atom stereocenters. The molecule has 1 aromatic carbocycles. The van der Waals surface area contributed by atoms with Gasteiger partial charge in [-0.15, -0.1) is 0 Å². The maximum Gasteiger partial charge on any atom is 0.251 e. The number of thioether (sulfide) groups is 1. The van der Waals surface area contributed by atoms with Crippen molar-refractivity contribution in [2.45, 2.75) is 38.4 Å². The Morgan fingerprint density at radius 1 is 1.29 bits per heavy atom. The molecule has 1 heterocycles. The van der Waals surface area contributed by atoms with Crippen molar-refractivity contribution in [1.29, 1.82) is 0 Å². The molecule has 1 aromatic rings. The summed E-state index contributed by atoms with van der Waals surface area (Å²) in [4.78, 5) is 12.3. The molecule has 2 rings (SSSR count). The number of benzene rings is 1. The molecule has 1 amide bonds. The molecule has 0 atom stereocenters. The van der Waals surface area contributed by atoms with Crippen molar-refractivity contribution >= 4 is 33.4 Å². The average Bonchev–Trinajstić information content (AvgIpc) is 2.50. The SMILES string of the molecule is CC(C)(C)SCCNC(=O)c1cccc(N2CCCCS2(=O)=O)c1. The van der Waals surface area contributed by atoms with E-state index in [0.717, 1.165) is 12.2 Å². The number of nitrogens with one attached hydrogen (secondary N) is 1. The molecule has 5 nitrogen and oxygen atoms in total. The first-order valence-electron chi connectivity index (χ1n) is 8.22. The van der Waals surface area contributed by atoms with Gasteiger partial charge in [-0.1, -0.05) is 26.8 Å². The van der Waals surface area contributed by atoms with Crippen LogP contribution >= 0.6 is 11.8 Å². The smallest absolute Gasteiger partial charge is 0.251 e. The van der Waals surface area contributed by atoms with Gasteiger partial charge in [0, 0.05) is 29.2 Å². The minimum atomic E-state index is -3.26. The summed E-state index contributed by atoms with van der Waals surface area (Å²) in [6.45, 7) is 7.49. The van der Waals surface area contributed by atoms with Gasteiger partial charge in [-0.3, -0.25) is 9.10 Å². The van der Waals surface area contributed by atoms with Crippen LogP contribution in [0.25, 0.3) is 0 Å². The van der Waals surface area contributed by atoms with Crippen LogP contribution in [0.4, 0.5) is 5.69 Å². The van der Waals surface area contributed by atoms with E-state index in [4.69, 9.17) is 0 Å². The van der Waals surface area contributed by atoms with E-state index in [1.54, 1.807) is 36.0 Å². The summed E-state index contributed by atoms with van der Waals surface area (Å²) in [6, 6.07) is 6.86. The minimum Gasteiger partial charge on any atom is -0.351 e. The third kappa shape index (κ3) is 5.41. The van der Waals surface area contributed by atoms with Crippen LogP contribution in [-0.2, 0) is 10.0 Å². The van der Waals surface area contributed by atoms with E-state index in [2.05, 4.69) is 26.1 Å². The van der Waals surface area contributed by atoms with Crippen molar-refractivity contribution in [3.63, 3.8) is 0 Å². The van der Waals surface area contributed by atoms with Gasteiger partial charge in [-0.2, -0.15) is 11.8 Å². The van der Waals surface area contributed by atoms with Crippen molar-refractivity contribution in [2.24, 2.45) is 0 Å². The van der Waals surface area contributed by atoms with Gasteiger partial charge in [-0.25, -0.2) is 8.42 Å². The molecule has 1 aliphatic heterocycles. The Morgan fingerprint density at radius 2 is 2.04 bits per heavy atom. The quantitative estimate of drug-likeness (QED) is 0.810. The van der Waals surface area contributed by atoms with Crippen LogP contribution in [-0.4, -0.2) is 43.7 Å². The number of sulfonamides is 1. The first-order valence-corrected chi connectivity index (χ1v) is 10.8. The predicted octanol–water partition coefficient (Wildman–Crippen LogP) is 2.88. The Morgan fingerprint density at radius 3 is 2.71 bits per heavy atom. The van der Waals surface area contributed by atoms with Crippen LogP contribution in [0.1, 0.15) is 44.0 Å². The number of amides is 1. The number of hydrogen-bond acceptors (Lipinski definition) is 4. The molecule has 0 saturated carbocycles. The monoisotopic (exact) mass is 370 g/mol. The highest BCUT2D eigenvalue weighted by molar-refractivity contribution is 8.00. The first-order chi connectivity index (χ1) is 11.2. The van der Waals surface area contributed by atoms with Gasteiger partial charge in [0.05, 0.1) is 11.4 Å². The third-order valence-corrected chi connectivity index (χ3v) is 6.81. The number of rotatable bonds is 5. The highest BCUT2D eigenvalue weighted by atomic mass is 32.2. The molecule has 1 fully saturated rings. The summed E-state index contributed by atoms with van der Waals surface area (Å²) in [5.74, 6) is 0.851. The molecule has 0 aromatic heterocycles. The maximum absolute atomic E-state index is 12.3. The van der Waals surface area contributed by atoms with Crippen LogP contribution in [0, 0.1) is 0 Å². The predicted molar refractivity (Wildman–Crippen MR) is 101 cm³/mol. The van der Waals surface area contributed by atoms with Gasteiger partial charge in [0.25, 0.3) is 5.91 Å². The van der Waals surface area contributed by atoms with Crippen molar-refractivity contribution in [1.82, 2.24) is 5.32 Å². The van der Waals surface area contributed by atoms with Gasteiger partial charge >= 0.3 is 0 Å². The average molecular weight is 371 g/mol. The standard InChI is InChI=1S/C17H26N2O3S2/c1-17(2,3)23-11-9-18-16(20)14-7-6-8-15(13-14)19-10-4-5-12-24(19,21)22/h6-8,13H,4-5,9-12H2,1-3H3,(H,18,20). The molecule has 0 bridgehead atoms. The number of hydrogen-bond donors (Lipinski definition) is 1. The van der Waals surface area contributed by atoms with E-state index in [1.165, 1.54) is 4.31 Å². The first kappa shape index (κ1) is 19.1. The Bertz CT molecular complexity index is 681. The van der Waals surface area contributed by atoms with E-state index in [1.807, 2.05) is 0 Å². The Kier molecular flexibility index (Phi) is 6.20. The van der Waals surface area contributed by atoms with Crippen LogP contribution in [0.15, 0.2) is 24.3 Å². The number of carbonyl (C=O) groups excluding carboxylic acids is 1. The van der Waals surface area contributed by atoms with E-state index in [9.17, 15) is 13.2 Å². The second-order valence-electron chi connectivity index (χ2n) is 6.86. The van der Waals surface area contributed by atoms with E-state index in [0.29, 0.717) is 30.8 Å². The van der Waals surface area contributed by atoms with Gasteiger partial charge in [0.2, 0.25) is 10.0 Å². The Balaban J connectivity index is 2.00. The molecule has 134 valence electrons.